The van der Waals surface area contributed by atoms with Gasteiger partial charge in [0.25, 0.3) is 0 Å². The van der Waals surface area contributed by atoms with Crippen LogP contribution >= 0.6 is 0 Å². The maximum absolute atomic E-state index is 4.44. The van der Waals surface area contributed by atoms with Crippen LogP contribution in [0.1, 0.15) is 56.5 Å². The lowest BCUT2D eigenvalue weighted by Crippen LogP contribution is -2.29. The van der Waals surface area contributed by atoms with Gasteiger partial charge in [-0.1, -0.05) is 19.8 Å². The topological polar surface area (TPSA) is 29.9 Å². The molecule has 3 nitrogen and oxygen atoms in total. The zero-order valence-electron chi connectivity index (χ0n) is 11.4. The molecule has 0 spiro atoms. The van der Waals surface area contributed by atoms with Crippen LogP contribution < -0.4 is 5.32 Å². The van der Waals surface area contributed by atoms with Crippen LogP contribution in [0.3, 0.4) is 0 Å². The molecule has 0 aromatic carbocycles. The summed E-state index contributed by atoms with van der Waals surface area (Å²) in [7, 11) is 2.14. The van der Waals surface area contributed by atoms with Crippen LogP contribution in [-0.2, 0) is 7.05 Å². The molecule has 0 bridgehead atoms. The van der Waals surface area contributed by atoms with E-state index < -0.39 is 0 Å². The standard InChI is InChI=1S/C14H25N3/c1-4-15-13-8-6-5-7-12(9-13)14-10-16-11(2)17(14)3/h10,12-13,15H,4-9H2,1-3H3. The molecule has 1 aliphatic carbocycles. The van der Waals surface area contributed by atoms with Crippen molar-refractivity contribution in [1.29, 1.82) is 0 Å². The molecule has 1 heterocycles. The Labute approximate surface area is 105 Å². The summed E-state index contributed by atoms with van der Waals surface area (Å²) in [4.78, 5) is 4.44. The molecule has 1 aromatic heterocycles. The van der Waals surface area contributed by atoms with Gasteiger partial charge in [-0.25, -0.2) is 4.98 Å². The fourth-order valence-corrected chi connectivity index (χ4v) is 3.00. The summed E-state index contributed by atoms with van der Waals surface area (Å²) in [5, 5.41) is 3.62. The molecule has 1 fully saturated rings. The van der Waals surface area contributed by atoms with Gasteiger partial charge in [0.1, 0.15) is 5.82 Å². The number of nitrogens with zero attached hydrogens (tertiary/aromatic N) is 2. The van der Waals surface area contributed by atoms with Crippen molar-refractivity contribution in [2.45, 2.75) is 57.9 Å². The molecule has 0 aliphatic heterocycles. The second-order valence-corrected chi connectivity index (χ2v) is 5.26. The lowest BCUT2D eigenvalue weighted by atomic mass is 9.95. The normalized spacial score (nSPS) is 25.8. The Morgan fingerprint density at radius 1 is 1.41 bits per heavy atom. The van der Waals surface area contributed by atoms with Crippen molar-refractivity contribution in [3.8, 4) is 0 Å². The van der Waals surface area contributed by atoms with E-state index >= 15 is 0 Å². The molecular formula is C14H25N3. The fourth-order valence-electron chi connectivity index (χ4n) is 3.00. The Morgan fingerprint density at radius 3 is 2.82 bits per heavy atom. The van der Waals surface area contributed by atoms with Crippen LogP contribution in [0.4, 0.5) is 0 Å². The smallest absolute Gasteiger partial charge is 0.105 e. The van der Waals surface area contributed by atoms with Crippen LogP contribution in [0.15, 0.2) is 6.20 Å². The van der Waals surface area contributed by atoms with Crippen LogP contribution in [0.25, 0.3) is 0 Å². The van der Waals surface area contributed by atoms with Gasteiger partial charge in [0, 0.05) is 30.9 Å². The quantitative estimate of drug-likeness (QED) is 0.816. The minimum Gasteiger partial charge on any atom is -0.335 e. The Balaban J connectivity index is 2.11. The zero-order chi connectivity index (χ0) is 12.3. The summed E-state index contributed by atoms with van der Waals surface area (Å²) in [6.45, 7) is 5.37. The predicted molar refractivity (Wildman–Crippen MR) is 71.2 cm³/mol. The Hall–Kier alpha value is -0.830. The molecule has 0 amide bonds. The third-order valence-electron chi connectivity index (χ3n) is 4.09. The second kappa shape index (κ2) is 5.67. The first-order valence-corrected chi connectivity index (χ1v) is 6.94. The SMILES string of the molecule is CCNC1CCCCC(c2cnc(C)n2C)C1. The van der Waals surface area contributed by atoms with E-state index in [0.717, 1.165) is 12.4 Å². The summed E-state index contributed by atoms with van der Waals surface area (Å²) in [6, 6.07) is 0.697. The molecular weight excluding hydrogens is 210 g/mol. The van der Waals surface area contributed by atoms with E-state index in [0.29, 0.717) is 12.0 Å². The number of hydrogen-bond acceptors (Lipinski definition) is 2. The minimum absolute atomic E-state index is 0.688. The molecule has 1 aliphatic rings. The van der Waals surface area contributed by atoms with E-state index in [1.165, 1.54) is 37.8 Å². The van der Waals surface area contributed by atoms with Crippen LogP contribution in [0.2, 0.25) is 0 Å². The lowest BCUT2D eigenvalue weighted by Gasteiger charge is -2.21. The van der Waals surface area contributed by atoms with Crippen molar-refractivity contribution < 1.29 is 0 Å². The third-order valence-corrected chi connectivity index (χ3v) is 4.09. The molecule has 0 saturated heterocycles. The van der Waals surface area contributed by atoms with Crippen molar-refractivity contribution in [3.05, 3.63) is 17.7 Å². The average molecular weight is 235 g/mol. The summed E-state index contributed by atoms with van der Waals surface area (Å²) >= 11 is 0. The van der Waals surface area contributed by atoms with Crippen molar-refractivity contribution in [2.75, 3.05) is 6.54 Å². The highest BCUT2D eigenvalue weighted by atomic mass is 15.1. The lowest BCUT2D eigenvalue weighted by molar-refractivity contribution is 0.441. The van der Waals surface area contributed by atoms with Crippen LogP contribution in [0, 0.1) is 6.92 Å². The predicted octanol–water partition coefficient (Wildman–Crippen LogP) is 2.75. The largest absolute Gasteiger partial charge is 0.335 e. The minimum atomic E-state index is 0.688. The second-order valence-electron chi connectivity index (χ2n) is 5.26. The number of aromatic nitrogens is 2. The maximum Gasteiger partial charge on any atom is 0.105 e. The number of hydrogen-bond donors (Lipinski definition) is 1. The zero-order valence-corrected chi connectivity index (χ0v) is 11.4. The van der Waals surface area contributed by atoms with Gasteiger partial charge in [0.15, 0.2) is 0 Å². The highest BCUT2D eigenvalue weighted by Crippen LogP contribution is 2.31. The average Bonchev–Trinajstić information content (AvgIpc) is 2.55. The molecule has 3 heteroatoms. The van der Waals surface area contributed by atoms with E-state index in [4.69, 9.17) is 0 Å². The summed E-state index contributed by atoms with van der Waals surface area (Å²) in [6.07, 6.45) is 8.73. The molecule has 2 atom stereocenters. The van der Waals surface area contributed by atoms with E-state index in [1.807, 2.05) is 0 Å². The number of rotatable bonds is 3. The molecule has 1 saturated carbocycles. The molecule has 1 N–H and O–H groups in total. The molecule has 2 rings (SSSR count). The van der Waals surface area contributed by atoms with Gasteiger partial charge in [0.05, 0.1) is 0 Å². The van der Waals surface area contributed by atoms with Crippen LogP contribution in [-0.4, -0.2) is 22.1 Å². The highest BCUT2D eigenvalue weighted by molar-refractivity contribution is 5.11. The van der Waals surface area contributed by atoms with Gasteiger partial charge in [-0.15, -0.1) is 0 Å². The summed E-state index contributed by atoms with van der Waals surface area (Å²) < 4.78 is 2.26. The van der Waals surface area contributed by atoms with Crippen molar-refractivity contribution in [3.63, 3.8) is 0 Å². The first-order valence-electron chi connectivity index (χ1n) is 6.94. The maximum atomic E-state index is 4.44. The number of imidazole rings is 1. The molecule has 2 unspecified atom stereocenters. The van der Waals surface area contributed by atoms with Gasteiger partial charge in [0.2, 0.25) is 0 Å². The molecule has 1 aromatic rings. The number of nitrogens with one attached hydrogen (secondary N) is 1. The van der Waals surface area contributed by atoms with E-state index in [2.05, 4.69) is 42.0 Å². The molecule has 96 valence electrons. The van der Waals surface area contributed by atoms with Crippen molar-refractivity contribution in [2.24, 2.45) is 7.05 Å². The summed E-state index contributed by atoms with van der Waals surface area (Å²) in [5.41, 5.74) is 1.42. The van der Waals surface area contributed by atoms with E-state index in [9.17, 15) is 0 Å². The Bertz CT molecular complexity index is 356. The summed E-state index contributed by atoms with van der Waals surface area (Å²) in [5.74, 6) is 1.82. The van der Waals surface area contributed by atoms with Gasteiger partial charge in [-0.2, -0.15) is 0 Å². The first kappa shape index (κ1) is 12.6. The van der Waals surface area contributed by atoms with Crippen molar-refractivity contribution in [1.82, 2.24) is 14.9 Å². The van der Waals surface area contributed by atoms with Gasteiger partial charge < -0.3 is 9.88 Å². The van der Waals surface area contributed by atoms with Crippen LogP contribution in [0.5, 0.6) is 0 Å². The van der Waals surface area contributed by atoms with Gasteiger partial charge in [-0.05, 0) is 32.7 Å². The van der Waals surface area contributed by atoms with E-state index in [-0.39, 0.29) is 0 Å². The monoisotopic (exact) mass is 235 g/mol. The van der Waals surface area contributed by atoms with Crippen molar-refractivity contribution >= 4 is 0 Å². The third kappa shape index (κ3) is 2.89. The first-order chi connectivity index (χ1) is 8.22. The molecule has 0 radical (unpaired) electrons. The Morgan fingerprint density at radius 2 is 2.18 bits per heavy atom. The Kier molecular flexibility index (Phi) is 4.21. The highest BCUT2D eigenvalue weighted by Gasteiger charge is 2.23. The molecule has 17 heavy (non-hydrogen) atoms. The fraction of sp³-hybridized carbons (Fsp3) is 0.786. The van der Waals surface area contributed by atoms with E-state index in [1.54, 1.807) is 0 Å². The number of aryl methyl sites for hydroxylation is 1. The van der Waals surface area contributed by atoms with Gasteiger partial charge in [-0.3, -0.25) is 0 Å². The van der Waals surface area contributed by atoms with Gasteiger partial charge >= 0.3 is 0 Å².